The van der Waals surface area contributed by atoms with Gasteiger partial charge in [-0.15, -0.1) is 0 Å². The largest absolute Gasteiger partial charge is 0.465 e. The van der Waals surface area contributed by atoms with Crippen molar-refractivity contribution in [1.82, 2.24) is 9.97 Å². The first kappa shape index (κ1) is 21.1. The van der Waals surface area contributed by atoms with Crippen LogP contribution in [0.5, 0.6) is 5.88 Å². The first-order valence-electron chi connectivity index (χ1n) is 9.91. The van der Waals surface area contributed by atoms with E-state index in [1.165, 1.54) is 16.0 Å². The third-order valence-corrected chi connectivity index (χ3v) is 6.84. The molecule has 0 spiro atoms. The molecular formula is C19H28N4O6S. The van der Waals surface area contributed by atoms with Crippen molar-refractivity contribution in [1.29, 1.82) is 0 Å². The SMILES string of the molecule is CS(C)(C)CCOCN1C(=O)COc2ncc(N3CC(C4CC(O)C4)OC3=O)nc21. The lowest BCUT2D eigenvalue weighted by Crippen LogP contribution is -2.42. The molecular weight excluding hydrogens is 412 g/mol. The Bertz CT molecular complexity index is 826. The van der Waals surface area contributed by atoms with Gasteiger partial charge in [0.05, 0.1) is 25.5 Å². The number of amides is 2. The standard InChI is InChI=1S/C19H28N4O6S/c1-30(2,3)5-4-27-11-23-16(25)10-28-18-17(23)21-15(8-20-18)22-9-14(29-19(22)26)12-6-13(24)7-12/h8,12-14,24H,4-7,9-11H2,1-3H3. The lowest BCUT2D eigenvalue weighted by Gasteiger charge is -2.34. The van der Waals surface area contributed by atoms with E-state index in [2.05, 4.69) is 28.7 Å². The zero-order valence-corrected chi connectivity index (χ0v) is 18.3. The van der Waals surface area contributed by atoms with Gasteiger partial charge in [-0.3, -0.25) is 14.6 Å². The molecule has 4 rings (SSSR count). The fourth-order valence-electron chi connectivity index (χ4n) is 3.54. The summed E-state index contributed by atoms with van der Waals surface area (Å²) in [5, 5.41) is 9.51. The summed E-state index contributed by atoms with van der Waals surface area (Å²) in [6.45, 7) is 0.797. The Morgan fingerprint density at radius 3 is 2.77 bits per heavy atom. The van der Waals surface area contributed by atoms with Crippen molar-refractivity contribution in [2.75, 3.05) is 60.8 Å². The van der Waals surface area contributed by atoms with Crippen LogP contribution in [0.3, 0.4) is 0 Å². The van der Waals surface area contributed by atoms with Crippen molar-refractivity contribution < 1.29 is 28.9 Å². The maximum absolute atomic E-state index is 12.4. The van der Waals surface area contributed by atoms with E-state index in [0.717, 1.165) is 5.75 Å². The third-order valence-electron chi connectivity index (χ3n) is 5.45. The molecule has 1 aromatic heterocycles. The highest BCUT2D eigenvalue weighted by molar-refractivity contribution is 8.32. The average Bonchev–Trinajstić information content (AvgIpc) is 3.04. The summed E-state index contributed by atoms with van der Waals surface area (Å²) in [5.74, 6) is 1.57. The molecule has 0 radical (unpaired) electrons. The van der Waals surface area contributed by atoms with Crippen LogP contribution in [0.2, 0.25) is 0 Å². The van der Waals surface area contributed by atoms with Gasteiger partial charge in [-0.25, -0.2) is 24.8 Å². The molecule has 166 valence electrons. The van der Waals surface area contributed by atoms with Gasteiger partial charge in [-0.1, -0.05) is 0 Å². The van der Waals surface area contributed by atoms with Gasteiger partial charge in [0.15, 0.2) is 12.4 Å². The van der Waals surface area contributed by atoms with E-state index in [0.29, 0.717) is 31.8 Å². The number of nitrogens with zero attached hydrogens (tertiary/aromatic N) is 4. The molecule has 0 bridgehead atoms. The molecule has 1 saturated carbocycles. The highest BCUT2D eigenvalue weighted by Crippen LogP contribution is 2.37. The Balaban J connectivity index is 1.46. The predicted octanol–water partition coefficient (Wildman–Crippen LogP) is 0.966. The smallest absolute Gasteiger partial charge is 0.416 e. The van der Waals surface area contributed by atoms with Gasteiger partial charge in [0, 0.05) is 11.7 Å². The van der Waals surface area contributed by atoms with Crippen LogP contribution in [-0.2, 0) is 14.3 Å². The first-order chi connectivity index (χ1) is 14.2. The van der Waals surface area contributed by atoms with Crippen LogP contribution in [0.1, 0.15) is 12.8 Å². The molecule has 10 nitrogen and oxygen atoms in total. The second-order valence-electron chi connectivity index (χ2n) is 8.72. The van der Waals surface area contributed by atoms with Crippen LogP contribution in [0.25, 0.3) is 0 Å². The predicted molar refractivity (Wildman–Crippen MR) is 112 cm³/mol. The van der Waals surface area contributed by atoms with Crippen molar-refractivity contribution in [2.45, 2.75) is 25.0 Å². The summed E-state index contributed by atoms with van der Waals surface area (Å²) in [4.78, 5) is 36.3. The van der Waals surface area contributed by atoms with Crippen molar-refractivity contribution in [3.8, 4) is 5.88 Å². The molecule has 3 aliphatic rings. The molecule has 2 aliphatic heterocycles. The normalized spacial score (nSPS) is 26.7. The second kappa shape index (κ2) is 8.20. The number of aliphatic hydroxyl groups is 1. The van der Waals surface area contributed by atoms with E-state index in [9.17, 15) is 14.7 Å². The summed E-state index contributed by atoms with van der Waals surface area (Å²) in [5.41, 5.74) is 0. The number of fused-ring (bicyclic) bond motifs is 1. The summed E-state index contributed by atoms with van der Waals surface area (Å²) in [6, 6.07) is 0. The second-order valence-corrected chi connectivity index (χ2v) is 13.3. The number of carbonyl (C=O) groups excluding carboxylic acids is 2. The molecule has 0 aromatic carbocycles. The summed E-state index contributed by atoms with van der Waals surface area (Å²) >= 11 is 0. The molecule has 1 N–H and O–H groups in total. The number of ether oxygens (including phenoxy) is 3. The number of cyclic esters (lactones) is 1. The van der Waals surface area contributed by atoms with E-state index >= 15 is 0 Å². The van der Waals surface area contributed by atoms with Crippen LogP contribution in [-0.4, -0.2) is 90.3 Å². The Morgan fingerprint density at radius 1 is 1.30 bits per heavy atom. The fraction of sp³-hybridized carbons (Fsp3) is 0.684. The maximum Gasteiger partial charge on any atom is 0.416 e. The Hall–Kier alpha value is -2.11. The molecule has 1 unspecified atom stereocenters. The van der Waals surface area contributed by atoms with E-state index in [1.807, 2.05) is 0 Å². The summed E-state index contributed by atoms with van der Waals surface area (Å²) < 4.78 is 16.6. The molecule has 2 amide bonds. The lowest BCUT2D eigenvalue weighted by atomic mass is 9.78. The van der Waals surface area contributed by atoms with Crippen LogP contribution < -0.4 is 14.5 Å². The monoisotopic (exact) mass is 440 g/mol. The van der Waals surface area contributed by atoms with Crippen molar-refractivity contribution in [3.63, 3.8) is 0 Å². The average molecular weight is 441 g/mol. The lowest BCUT2D eigenvalue weighted by molar-refractivity contribution is -0.122. The number of hydrogen-bond acceptors (Lipinski definition) is 8. The minimum Gasteiger partial charge on any atom is -0.465 e. The first-order valence-corrected chi connectivity index (χ1v) is 12.9. The van der Waals surface area contributed by atoms with E-state index in [-0.39, 0.29) is 49.1 Å². The summed E-state index contributed by atoms with van der Waals surface area (Å²) in [7, 11) is -0.693. The van der Waals surface area contributed by atoms with Crippen molar-refractivity contribution >= 4 is 33.7 Å². The van der Waals surface area contributed by atoms with Crippen molar-refractivity contribution in [2.24, 2.45) is 5.92 Å². The van der Waals surface area contributed by atoms with E-state index in [1.54, 1.807) is 0 Å². The zero-order chi connectivity index (χ0) is 21.5. The van der Waals surface area contributed by atoms with Gasteiger partial charge in [-0.2, -0.15) is 0 Å². The van der Waals surface area contributed by atoms with Gasteiger partial charge in [0.2, 0.25) is 5.82 Å². The summed E-state index contributed by atoms with van der Waals surface area (Å²) in [6.07, 6.45) is 8.21. The van der Waals surface area contributed by atoms with Crippen LogP contribution in [0, 0.1) is 5.92 Å². The Morgan fingerprint density at radius 2 is 2.07 bits per heavy atom. The topological polar surface area (TPSA) is 114 Å². The Labute approximate surface area is 176 Å². The number of aromatic nitrogens is 2. The highest BCUT2D eigenvalue weighted by Gasteiger charge is 2.43. The molecule has 1 aliphatic carbocycles. The van der Waals surface area contributed by atoms with Crippen molar-refractivity contribution in [3.05, 3.63) is 6.20 Å². The molecule has 1 saturated heterocycles. The molecule has 2 fully saturated rings. The molecule has 1 aromatic rings. The van der Waals surface area contributed by atoms with E-state index in [4.69, 9.17) is 14.2 Å². The number of aliphatic hydroxyl groups excluding tert-OH is 1. The van der Waals surface area contributed by atoms with Gasteiger partial charge in [-0.05, 0) is 31.6 Å². The third kappa shape index (κ3) is 4.47. The molecule has 1 atom stereocenters. The number of carbonyl (C=O) groups is 2. The van der Waals surface area contributed by atoms with Crippen LogP contribution >= 0.6 is 10.0 Å². The number of rotatable bonds is 7. The minimum atomic E-state index is -0.693. The quantitative estimate of drug-likeness (QED) is 0.624. The number of anilines is 2. The minimum absolute atomic E-state index is 0.0515. The molecule has 30 heavy (non-hydrogen) atoms. The fourth-order valence-corrected chi connectivity index (χ4v) is 4.16. The van der Waals surface area contributed by atoms with Gasteiger partial charge in [0.1, 0.15) is 12.8 Å². The van der Waals surface area contributed by atoms with E-state index < -0.39 is 16.1 Å². The van der Waals surface area contributed by atoms with Crippen LogP contribution in [0.15, 0.2) is 6.20 Å². The Kier molecular flexibility index (Phi) is 5.78. The molecule has 11 heteroatoms. The zero-order valence-electron chi connectivity index (χ0n) is 17.4. The molecule has 3 heterocycles. The van der Waals surface area contributed by atoms with Gasteiger partial charge in [0.25, 0.3) is 11.8 Å². The highest BCUT2D eigenvalue weighted by atomic mass is 32.3. The van der Waals surface area contributed by atoms with Gasteiger partial charge >= 0.3 is 6.09 Å². The van der Waals surface area contributed by atoms with Gasteiger partial charge < -0.3 is 19.3 Å². The number of hydrogen-bond donors (Lipinski definition) is 1. The van der Waals surface area contributed by atoms with Crippen LogP contribution in [0.4, 0.5) is 16.4 Å². The maximum atomic E-state index is 12.4.